The van der Waals surface area contributed by atoms with Gasteiger partial charge < -0.3 is 0 Å². The molecule has 94 valence electrons. The summed E-state index contributed by atoms with van der Waals surface area (Å²) in [6, 6.07) is 10.5. The van der Waals surface area contributed by atoms with Crippen molar-refractivity contribution in [1.29, 1.82) is 0 Å². The van der Waals surface area contributed by atoms with Crippen molar-refractivity contribution in [2.24, 2.45) is 5.92 Å². The molecule has 2 unspecified atom stereocenters. The quantitative estimate of drug-likeness (QED) is 0.797. The maximum absolute atomic E-state index is 4.50. The van der Waals surface area contributed by atoms with Gasteiger partial charge in [0.2, 0.25) is 0 Å². The summed E-state index contributed by atoms with van der Waals surface area (Å²) in [6.07, 6.45) is 8.32. The normalized spacial score (nSPS) is 23.4. The van der Waals surface area contributed by atoms with Crippen LogP contribution in [0, 0.1) is 5.92 Å². The van der Waals surface area contributed by atoms with Crippen LogP contribution in [0.1, 0.15) is 43.2 Å². The van der Waals surface area contributed by atoms with Gasteiger partial charge in [-0.05, 0) is 35.8 Å². The maximum Gasteiger partial charge on any atom is 0.0659 e. The van der Waals surface area contributed by atoms with Crippen molar-refractivity contribution in [2.75, 3.05) is 0 Å². The van der Waals surface area contributed by atoms with Gasteiger partial charge in [0.1, 0.15) is 0 Å². The van der Waals surface area contributed by atoms with Crippen LogP contribution < -0.4 is 0 Å². The van der Waals surface area contributed by atoms with E-state index in [4.69, 9.17) is 0 Å². The average Bonchev–Trinajstić information content (AvgIpc) is 2.99. The van der Waals surface area contributed by atoms with E-state index in [1.807, 2.05) is 0 Å². The van der Waals surface area contributed by atoms with E-state index < -0.39 is 0 Å². The summed E-state index contributed by atoms with van der Waals surface area (Å²) < 4.78 is 2.06. The minimum Gasteiger partial charge on any atom is -0.268 e. The summed E-state index contributed by atoms with van der Waals surface area (Å²) >= 11 is 0. The van der Waals surface area contributed by atoms with Crippen molar-refractivity contribution in [2.45, 2.75) is 38.6 Å². The van der Waals surface area contributed by atoms with Crippen LogP contribution in [0.25, 0.3) is 0 Å². The Kier molecular flexibility index (Phi) is 3.18. The highest BCUT2D eigenvalue weighted by molar-refractivity contribution is 5.17. The molecule has 2 aromatic rings. The summed E-state index contributed by atoms with van der Waals surface area (Å²) in [5, 5.41) is 4.50. The van der Waals surface area contributed by atoms with Crippen molar-refractivity contribution in [3.63, 3.8) is 0 Å². The second-order valence-corrected chi connectivity index (χ2v) is 5.57. The molecule has 18 heavy (non-hydrogen) atoms. The lowest BCUT2D eigenvalue weighted by atomic mass is 10.0. The largest absolute Gasteiger partial charge is 0.268 e. The van der Waals surface area contributed by atoms with Crippen molar-refractivity contribution in [3.8, 4) is 0 Å². The van der Waals surface area contributed by atoms with Crippen molar-refractivity contribution >= 4 is 0 Å². The number of rotatable bonds is 3. The van der Waals surface area contributed by atoms with Crippen LogP contribution in [0.2, 0.25) is 0 Å². The molecule has 1 aromatic carbocycles. The Labute approximate surface area is 109 Å². The summed E-state index contributed by atoms with van der Waals surface area (Å²) in [5.41, 5.74) is 2.74. The molecule has 0 bridgehead atoms. The van der Waals surface area contributed by atoms with E-state index in [1.54, 1.807) is 0 Å². The predicted molar refractivity (Wildman–Crippen MR) is 73.5 cm³/mol. The molecule has 0 saturated heterocycles. The predicted octanol–water partition coefficient (Wildman–Crippen LogP) is 3.84. The Morgan fingerprint density at radius 2 is 2.06 bits per heavy atom. The standard InChI is InChI=1S/C16H20N2/c1-13-7-8-15(9-13)16-10-17-18(12-16)11-14-5-3-2-4-6-14/h2-6,10,12-13,15H,7-9,11H2,1H3. The van der Waals surface area contributed by atoms with Gasteiger partial charge in [-0.15, -0.1) is 0 Å². The molecule has 0 spiro atoms. The van der Waals surface area contributed by atoms with Gasteiger partial charge in [0.25, 0.3) is 0 Å². The van der Waals surface area contributed by atoms with E-state index in [1.165, 1.54) is 30.4 Å². The zero-order valence-electron chi connectivity index (χ0n) is 10.9. The van der Waals surface area contributed by atoms with Gasteiger partial charge in [0.05, 0.1) is 12.7 Å². The van der Waals surface area contributed by atoms with E-state index >= 15 is 0 Å². The van der Waals surface area contributed by atoms with Gasteiger partial charge in [-0.2, -0.15) is 5.10 Å². The van der Waals surface area contributed by atoms with E-state index in [-0.39, 0.29) is 0 Å². The molecular formula is C16H20N2. The van der Waals surface area contributed by atoms with E-state index in [0.29, 0.717) is 0 Å². The zero-order chi connectivity index (χ0) is 12.4. The highest BCUT2D eigenvalue weighted by Crippen LogP contribution is 2.37. The molecule has 1 saturated carbocycles. The molecule has 0 amide bonds. The molecule has 1 fully saturated rings. The molecule has 2 heteroatoms. The molecular weight excluding hydrogens is 220 g/mol. The fraction of sp³-hybridized carbons (Fsp3) is 0.438. The number of hydrogen-bond acceptors (Lipinski definition) is 1. The van der Waals surface area contributed by atoms with E-state index in [9.17, 15) is 0 Å². The Hall–Kier alpha value is -1.57. The molecule has 2 atom stereocenters. The third-order valence-electron chi connectivity index (χ3n) is 4.01. The number of benzene rings is 1. The Morgan fingerprint density at radius 3 is 2.78 bits per heavy atom. The molecule has 1 aliphatic rings. The molecule has 3 rings (SSSR count). The van der Waals surface area contributed by atoms with Gasteiger partial charge in [-0.1, -0.05) is 43.7 Å². The first-order valence-electron chi connectivity index (χ1n) is 6.87. The SMILES string of the molecule is CC1CCC(c2cnn(Cc3ccccc3)c2)C1. The lowest BCUT2D eigenvalue weighted by Crippen LogP contribution is -1.99. The van der Waals surface area contributed by atoms with Gasteiger partial charge in [0, 0.05) is 6.20 Å². The molecule has 0 aliphatic heterocycles. The monoisotopic (exact) mass is 240 g/mol. The van der Waals surface area contributed by atoms with Gasteiger partial charge in [-0.3, -0.25) is 4.68 Å². The number of aromatic nitrogens is 2. The van der Waals surface area contributed by atoms with Crippen LogP contribution in [-0.4, -0.2) is 9.78 Å². The van der Waals surface area contributed by atoms with E-state index in [0.717, 1.165) is 18.4 Å². The third-order valence-corrected chi connectivity index (χ3v) is 4.01. The lowest BCUT2D eigenvalue weighted by molar-refractivity contribution is 0.596. The molecule has 0 radical (unpaired) electrons. The van der Waals surface area contributed by atoms with Crippen LogP contribution in [0.3, 0.4) is 0 Å². The topological polar surface area (TPSA) is 17.8 Å². The minimum absolute atomic E-state index is 0.740. The summed E-state index contributed by atoms with van der Waals surface area (Å²) in [7, 11) is 0. The summed E-state index contributed by atoms with van der Waals surface area (Å²) in [5.74, 6) is 1.62. The molecule has 1 aliphatic carbocycles. The van der Waals surface area contributed by atoms with Crippen molar-refractivity contribution < 1.29 is 0 Å². The summed E-state index contributed by atoms with van der Waals surface area (Å²) in [6.45, 7) is 3.23. The fourth-order valence-electron chi connectivity index (χ4n) is 2.96. The van der Waals surface area contributed by atoms with Crippen LogP contribution >= 0.6 is 0 Å². The van der Waals surface area contributed by atoms with Crippen LogP contribution in [0.15, 0.2) is 42.7 Å². The van der Waals surface area contributed by atoms with E-state index in [2.05, 4.69) is 59.4 Å². The molecule has 2 nitrogen and oxygen atoms in total. The highest BCUT2D eigenvalue weighted by atomic mass is 15.3. The molecule has 1 aromatic heterocycles. The third kappa shape index (κ3) is 2.47. The lowest BCUT2D eigenvalue weighted by Gasteiger charge is -2.05. The Morgan fingerprint density at radius 1 is 1.22 bits per heavy atom. The second kappa shape index (κ2) is 4.97. The minimum atomic E-state index is 0.740. The summed E-state index contributed by atoms with van der Waals surface area (Å²) in [4.78, 5) is 0. The number of nitrogens with zero attached hydrogens (tertiary/aromatic N) is 2. The van der Waals surface area contributed by atoms with Gasteiger partial charge in [0.15, 0.2) is 0 Å². The highest BCUT2D eigenvalue weighted by Gasteiger charge is 2.23. The van der Waals surface area contributed by atoms with Gasteiger partial charge in [-0.25, -0.2) is 0 Å². The first-order chi connectivity index (χ1) is 8.81. The zero-order valence-corrected chi connectivity index (χ0v) is 10.9. The van der Waals surface area contributed by atoms with Crippen LogP contribution in [-0.2, 0) is 6.54 Å². The fourth-order valence-corrected chi connectivity index (χ4v) is 2.96. The first kappa shape index (κ1) is 11.5. The van der Waals surface area contributed by atoms with Crippen molar-refractivity contribution in [3.05, 3.63) is 53.9 Å². The van der Waals surface area contributed by atoms with Crippen molar-refractivity contribution in [1.82, 2.24) is 9.78 Å². The van der Waals surface area contributed by atoms with Crippen LogP contribution in [0.5, 0.6) is 0 Å². The van der Waals surface area contributed by atoms with Gasteiger partial charge >= 0.3 is 0 Å². The maximum atomic E-state index is 4.50. The first-order valence-corrected chi connectivity index (χ1v) is 6.87. The average molecular weight is 240 g/mol. The molecule has 0 N–H and O–H groups in total. The second-order valence-electron chi connectivity index (χ2n) is 5.57. The Balaban J connectivity index is 1.70. The number of hydrogen-bond donors (Lipinski definition) is 0. The molecule has 1 heterocycles. The Bertz CT molecular complexity index is 501. The smallest absolute Gasteiger partial charge is 0.0659 e. The van der Waals surface area contributed by atoms with Crippen LogP contribution in [0.4, 0.5) is 0 Å².